The molecular formula is C23H21N3O3S2. The molecule has 4 rings (SSSR count). The Balaban J connectivity index is 1.58. The Morgan fingerprint density at radius 2 is 1.84 bits per heavy atom. The third kappa shape index (κ3) is 4.92. The molecule has 0 bridgehead atoms. The monoisotopic (exact) mass is 451 g/mol. The van der Waals surface area contributed by atoms with Crippen LogP contribution in [0.2, 0.25) is 0 Å². The molecule has 6 nitrogen and oxygen atoms in total. The fourth-order valence-corrected chi connectivity index (χ4v) is 4.72. The van der Waals surface area contributed by atoms with Crippen molar-refractivity contribution in [3.05, 3.63) is 77.9 Å². The molecule has 0 aliphatic rings. The van der Waals surface area contributed by atoms with Crippen LogP contribution in [0.15, 0.2) is 77.8 Å². The Kier molecular flexibility index (Phi) is 6.01. The Labute approximate surface area is 185 Å². The van der Waals surface area contributed by atoms with Gasteiger partial charge in [0.05, 0.1) is 15.7 Å². The van der Waals surface area contributed by atoms with Crippen molar-refractivity contribution < 1.29 is 13.2 Å². The molecule has 31 heavy (non-hydrogen) atoms. The summed E-state index contributed by atoms with van der Waals surface area (Å²) >= 11 is 1.48. The third-order valence-corrected chi connectivity index (χ3v) is 7.12. The van der Waals surface area contributed by atoms with Gasteiger partial charge in [-0.2, -0.15) is 0 Å². The van der Waals surface area contributed by atoms with Gasteiger partial charge in [-0.25, -0.2) is 18.4 Å². The van der Waals surface area contributed by atoms with Gasteiger partial charge in [0.15, 0.2) is 9.84 Å². The van der Waals surface area contributed by atoms with Crippen molar-refractivity contribution in [1.29, 1.82) is 0 Å². The standard InChI is InChI=1S/C23H21N3O3S2/c1-3-31(27,28)20-11-7-10-18(14-20)26-21-15-19(12-13-24-21)29-23-22(25-16(2)30-23)17-8-5-4-6-9-17/h4-15H,3H2,1-2H3,(H,24,26). The van der Waals surface area contributed by atoms with E-state index in [4.69, 9.17) is 4.74 Å². The molecule has 1 N–H and O–H groups in total. The zero-order chi connectivity index (χ0) is 21.8. The van der Waals surface area contributed by atoms with Gasteiger partial charge in [-0.15, -0.1) is 0 Å². The summed E-state index contributed by atoms with van der Waals surface area (Å²) in [6.07, 6.45) is 1.64. The predicted molar refractivity (Wildman–Crippen MR) is 124 cm³/mol. The topological polar surface area (TPSA) is 81.2 Å². The number of aryl methyl sites for hydroxylation is 1. The van der Waals surface area contributed by atoms with Crippen molar-refractivity contribution in [2.45, 2.75) is 18.7 Å². The van der Waals surface area contributed by atoms with Crippen LogP contribution in [0.5, 0.6) is 10.8 Å². The largest absolute Gasteiger partial charge is 0.444 e. The number of sulfone groups is 1. The lowest BCUT2D eigenvalue weighted by Crippen LogP contribution is -2.04. The van der Waals surface area contributed by atoms with Gasteiger partial charge in [0.25, 0.3) is 0 Å². The number of benzene rings is 2. The Bertz CT molecular complexity index is 1300. The van der Waals surface area contributed by atoms with Gasteiger partial charge in [-0.1, -0.05) is 54.7 Å². The molecule has 0 aliphatic carbocycles. The first-order valence-corrected chi connectivity index (χ1v) is 12.2. The maximum Gasteiger partial charge on any atom is 0.208 e. The molecule has 4 aromatic rings. The van der Waals surface area contributed by atoms with Crippen LogP contribution in [-0.4, -0.2) is 24.1 Å². The van der Waals surface area contributed by atoms with Crippen LogP contribution in [0.3, 0.4) is 0 Å². The van der Waals surface area contributed by atoms with Gasteiger partial charge in [0.1, 0.15) is 17.3 Å². The summed E-state index contributed by atoms with van der Waals surface area (Å²) in [5.41, 5.74) is 2.42. The van der Waals surface area contributed by atoms with Gasteiger partial charge in [0, 0.05) is 23.5 Å². The number of ether oxygens (including phenoxy) is 1. The highest BCUT2D eigenvalue weighted by atomic mass is 32.2. The second-order valence-corrected chi connectivity index (χ2v) is 10.2. The van der Waals surface area contributed by atoms with Gasteiger partial charge in [-0.05, 0) is 31.2 Å². The summed E-state index contributed by atoms with van der Waals surface area (Å²) in [5, 5.41) is 4.77. The molecule has 0 amide bonds. The van der Waals surface area contributed by atoms with Crippen molar-refractivity contribution in [1.82, 2.24) is 9.97 Å². The summed E-state index contributed by atoms with van der Waals surface area (Å²) in [5.74, 6) is 1.21. The predicted octanol–water partition coefficient (Wildman–Crippen LogP) is 5.84. The Morgan fingerprint density at radius 3 is 2.61 bits per heavy atom. The van der Waals surface area contributed by atoms with Gasteiger partial charge in [-0.3, -0.25) is 0 Å². The third-order valence-electron chi connectivity index (χ3n) is 4.54. The minimum Gasteiger partial charge on any atom is -0.444 e. The van der Waals surface area contributed by atoms with E-state index in [9.17, 15) is 8.42 Å². The molecule has 0 aliphatic heterocycles. The summed E-state index contributed by atoms with van der Waals surface area (Å²) < 4.78 is 30.4. The number of anilines is 2. The van der Waals surface area contributed by atoms with E-state index in [1.54, 1.807) is 49.5 Å². The minimum absolute atomic E-state index is 0.0516. The highest BCUT2D eigenvalue weighted by Gasteiger charge is 2.15. The molecule has 0 saturated heterocycles. The summed E-state index contributed by atoms with van der Waals surface area (Å²) in [6, 6.07) is 20.1. The highest BCUT2D eigenvalue weighted by Crippen LogP contribution is 2.38. The second kappa shape index (κ2) is 8.87. The first-order valence-electron chi connectivity index (χ1n) is 9.71. The van der Waals surface area contributed by atoms with Gasteiger partial charge in [0.2, 0.25) is 5.06 Å². The molecule has 8 heteroatoms. The number of rotatable bonds is 7. The van der Waals surface area contributed by atoms with Crippen LogP contribution in [0, 0.1) is 6.92 Å². The van der Waals surface area contributed by atoms with Crippen LogP contribution in [0.25, 0.3) is 11.3 Å². The lowest BCUT2D eigenvalue weighted by atomic mass is 10.2. The SMILES string of the molecule is CCS(=O)(=O)c1cccc(Nc2cc(Oc3sc(C)nc3-c3ccccc3)ccn2)c1. The van der Waals surface area contributed by atoms with Gasteiger partial charge < -0.3 is 10.1 Å². The maximum absolute atomic E-state index is 12.1. The molecule has 0 atom stereocenters. The summed E-state index contributed by atoms with van der Waals surface area (Å²) in [6.45, 7) is 3.57. The summed E-state index contributed by atoms with van der Waals surface area (Å²) in [7, 11) is -3.28. The van der Waals surface area contributed by atoms with E-state index in [1.807, 2.05) is 37.3 Å². The van der Waals surface area contributed by atoms with Crippen LogP contribution in [0.4, 0.5) is 11.5 Å². The maximum atomic E-state index is 12.1. The zero-order valence-corrected chi connectivity index (χ0v) is 18.7. The van der Waals surface area contributed by atoms with E-state index in [0.29, 0.717) is 22.3 Å². The number of pyridine rings is 1. The van der Waals surface area contributed by atoms with Crippen LogP contribution < -0.4 is 10.1 Å². The second-order valence-electron chi connectivity index (χ2n) is 6.77. The van der Waals surface area contributed by atoms with E-state index in [0.717, 1.165) is 16.3 Å². The fraction of sp³-hybridized carbons (Fsp3) is 0.130. The molecule has 2 aromatic carbocycles. The van der Waals surface area contributed by atoms with E-state index < -0.39 is 9.84 Å². The fourth-order valence-electron chi connectivity index (χ4n) is 2.99. The highest BCUT2D eigenvalue weighted by molar-refractivity contribution is 7.91. The number of aromatic nitrogens is 2. The molecule has 2 aromatic heterocycles. The van der Waals surface area contributed by atoms with E-state index >= 15 is 0 Å². The zero-order valence-electron chi connectivity index (χ0n) is 17.1. The smallest absolute Gasteiger partial charge is 0.208 e. The molecule has 0 fully saturated rings. The van der Waals surface area contributed by atoms with Crippen molar-refractivity contribution in [3.63, 3.8) is 0 Å². The molecule has 158 valence electrons. The van der Waals surface area contributed by atoms with Crippen molar-refractivity contribution in [3.8, 4) is 22.1 Å². The lowest BCUT2D eigenvalue weighted by Gasteiger charge is -2.10. The molecule has 2 heterocycles. The summed E-state index contributed by atoms with van der Waals surface area (Å²) in [4.78, 5) is 9.21. The van der Waals surface area contributed by atoms with Crippen molar-refractivity contribution in [2.24, 2.45) is 0 Å². The Morgan fingerprint density at radius 1 is 1.03 bits per heavy atom. The number of thiazole rings is 1. The van der Waals surface area contributed by atoms with Gasteiger partial charge >= 0.3 is 0 Å². The van der Waals surface area contributed by atoms with Crippen LogP contribution >= 0.6 is 11.3 Å². The number of nitrogens with zero attached hydrogens (tertiary/aromatic N) is 2. The van der Waals surface area contributed by atoms with E-state index in [1.165, 1.54) is 11.3 Å². The van der Waals surface area contributed by atoms with Crippen molar-refractivity contribution in [2.75, 3.05) is 11.1 Å². The number of hydrogen-bond donors (Lipinski definition) is 1. The molecule has 0 radical (unpaired) electrons. The van der Waals surface area contributed by atoms with E-state index in [2.05, 4.69) is 15.3 Å². The first kappa shape index (κ1) is 21.0. The minimum atomic E-state index is -3.28. The molecule has 0 spiro atoms. The molecular weight excluding hydrogens is 430 g/mol. The number of nitrogens with one attached hydrogen (secondary N) is 1. The normalized spacial score (nSPS) is 11.3. The lowest BCUT2D eigenvalue weighted by molar-refractivity contribution is 0.496. The van der Waals surface area contributed by atoms with Crippen LogP contribution in [0.1, 0.15) is 11.9 Å². The van der Waals surface area contributed by atoms with E-state index in [-0.39, 0.29) is 10.6 Å². The average Bonchev–Trinajstić information content (AvgIpc) is 3.14. The quantitative estimate of drug-likeness (QED) is 0.380. The first-order chi connectivity index (χ1) is 14.9. The Hall–Kier alpha value is -3.23. The molecule has 0 unspecified atom stereocenters. The molecule has 0 saturated carbocycles. The van der Waals surface area contributed by atoms with Crippen molar-refractivity contribution >= 4 is 32.7 Å². The van der Waals surface area contributed by atoms with Crippen LogP contribution in [-0.2, 0) is 9.84 Å². The average molecular weight is 452 g/mol. The number of hydrogen-bond acceptors (Lipinski definition) is 7.